The van der Waals surface area contributed by atoms with Gasteiger partial charge in [-0.3, -0.25) is 0 Å². The fourth-order valence-electron chi connectivity index (χ4n) is 2.98. The van der Waals surface area contributed by atoms with E-state index in [1.807, 2.05) is 0 Å². The number of rotatable bonds is 3. The molecule has 8 nitrogen and oxygen atoms in total. The van der Waals surface area contributed by atoms with Gasteiger partial charge in [0.2, 0.25) is 0 Å². The summed E-state index contributed by atoms with van der Waals surface area (Å²) in [5, 5.41) is 10.2. The molecule has 0 saturated heterocycles. The Hall–Kier alpha value is -2.87. The average molecular weight is 419 g/mol. The maximum Gasteiger partial charge on any atom is 0.424 e. The number of anilines is 1. The number of aryl methyl sites for hydroxylation is 1. The van der Waals surface area contributed by atoms with Crippen molar-refractivity contribution >= 4 is 28.8 Å². The number of ether oxygens (including phenoxy) is 2. The van der Waals surface area contributed by atoms with E-state index >= 15 is 0 Å². The number of carbonyl (C=O) groups is 2. The number of fused-ring (bicyclic) bond motifs is 1. The third-order valence-corrected chi connectivity index (χ3v) is 3.94. The molecule has 0 fully saturated rings. The maximum atomic E-state index is 13.0. The van der Waals surface area contributed by atoms with E-state index in [9.17, 15) is 19.5 Å². The molecular weight excluding hydrogens is 390 g/mol. The Labute approximate surface area is 175 Å². The van der Waals surface area contributed by atoms with Gasteiger partial charge in [-0.2, -0.15) is 4.90 Å². The van der Waals surface area contributed by atoms with E-state index in [1.165, 1.54) is 18.2 Å². The van der Waals surface area contributed by atoms with Gasteiger partial charge in [-0.15, -0.1) is 0 Å². The summed E-state index contributed by atoms with van der Waals surface area (Å²) in [7, 11) is 0. The lowest BCUT2D eigenvalue weighted by Gasteiger charge is -2.30. The van der Waals surface area contributed by atoms with Crippen LogP contribution in [0.15, 0.2) is 27.4 Å². The molecule has 0 radical (unpaired) electrons. The number of carbonyl (C=O) groups excluding carboxylic acids is 2. The Bertz CT molecular complexity index is 981. The van der Waals surface area contributed by atoms with Crippen LogP contribution in [0.3, 0.4) is 0 Å². The second kappa shape index (κ2) is 8.47. The Morgan fingerprint density at radius 2 is 1.57 bits per heavy atom. The minimum atomic E-state index is -0.912. The highest BCUT2D eigenvalue weighted by molar-refractivity contribution is 6.11. The van der Waals surface area contributed by atoms with Crippen LogP contribution in [-0.2, 0) is 15.9 Å². The molecule has 2 aromatic rings. The van der Waals surface area contributed by atoms with E-state index in [2.05, 4.69) is 0 Å². The van der Waals surface area contributed by atoms with E-state index < -0.39 is 29.0 Å². The number of aliphatic hydroxyl groups is 1. The van der Waals surface area contributed by atoms with Gasteiger partial charge >= 0.3 is 17.8 Å². The van der Waals surface area contributed by atoms with E-state index in [4.69, 9.17) is 13.9 Å². The van der Waals surface area contributed by atoms with Gasteiger partial charge < -0.3 is 19.0 Å². The molecule has 0 unspecified atom stereocenters. The van der Waals surface area contributed by atoms with Gasteiger partial charge in [0.15, 0.2) is 0 Å². The van der Waals surface area contributed by atoms with Gasteiger partial charge in [-0.1, -0.05) is 0 Å². The number of amides is 2. The normalized spacial score (nSPS) is 12.0. The van der Waals surface area contributed by atoms with E-state index in [0.29, 0.717) is 22.1 Å². The van der Waals surface area contributed by atoms with E-state index in [0.717, 1.165) is 4.90 Å². The molecule has 0 aliphatic heterocycles. The lowest BCUT2D eigenvalue weighted by Crippen LogP contribution is -2.44. The summed E-state index contributed by atoms with van der Waals surface area (Å²) in [6.07, 6.45) is -1.71. The summed E-state index contributed by atoms with van der Waals surface area (Å²) >= 11 is 0. The lowest BCUT2D eigenvalue weighted by atomic mass is 10.00. The van der Waals surface area contributed by atoms with Crippen molar-refractivity contribution in [2.24, 2.45) is 0 Å². The average Bonchev–Trinajstić information content (AvgIpc) is 2.53. The van der Waals surface area contributed by atoms with Crippen molar-refractivity contribution in [2.45, 2.75) is 66.1 Å². The number of benzene rings is 1. The summed E-state index contributed by atoms with van der Waals surface area (Å²) in [5.41, 5.74) is -0.675. The van der Waals surface area contributed by atoms with Crippen LogP contribution in [0.1, 0.15) is 52.7 Å². The standard InChI is InChI=1S/C22H29NO7/c1-13-12-17(25)28-16-9-8-15(14(10-11-24)18(13)16)23(19(26)29-21(2,3)4)20(27)30-22(5,6)7/h8-9,12,24H,10-11H2,1-7H3. The lowest BCUT2D eigenvalue weighted by molar-refractivity contribution is 0.0430. The van der Waals surface area contributed by atoms with Gasteiger partial charge in [-0.05, 0) is 78.1 Å². The van der Waals surface area contributed by atoms with Crippen LogP contribution in [0.2, 0.25) is 0 Å². The second-order valence-electron chi connectivity index (χ2n) is 8.95. The van der Waals surface area contributed by atoms with Crippen molar-refractivity contribution < 1.29 is 28.6 Å². The Morgan fingerprint density at radius 1 is 1.03 bits per heavy atom. The molecule has 1 heterocycles. The first-order chi connectivity index (χ1) is 13.7. The smallest absolute Gasteiger partial charge is 0.424 e. The summed E-state index contributed by atoms with van der Waals surface area (Å²) in [6, 6.07) is 4.30. The second-order valence-corrected chi connectivity index (χ2v) is 8.95. The molecule has 1 N–H and O–H groups in total. The highest BCUT2D eigenvalue weighted by atomic mass is 16.6. The van der Waals surface area contributed by atoms with Gasteiger partial charge in [0, 0.05) is 18.1 Å². The first-order valence-corrected chi connectivity index (χ1v) is 9.67. The number of nitrogens with zero attached hydrogens (tertiary/aromatic N) is 1. The molecule has 0 aliphatic rings. The zero-order valence-corrected chi connectivity index (χ0v) is 18.5. The molecule has 1 aromatic heterocycles. The van der Waals surface area contributed by atoms with Crippen molar-refractivity contribution in [2.75, 3.05) is 11.5 Å². The molecular formula is C22H29NO7. The zero-order valence-electron chi connectivity index (χ0n) is 18.5. The van der Waals surface area contributed by atoms with Crippen molar-refractivity contribution in [3.05, 3.63) is 39.7 Å². The summed E-state index contributed by atoms with van der Waals surface area (Å²) < 4.78 is 16.1. The third kappa shape index (κ3) is 5.60. The predicted molar refractivity (Wildman–Crippen MR) is 113 cm³/mol. The summed E-state index contributed by atoms with van der Waals surface area (Å²) in [4.78, 5) is 38.5. The molecule has 0 bridgehead atoms. The molecule has 0 spiro atoms. The van der Waals surface area contributed by atoms with Crippen molar-refractivity contribution in [3.63, 3.8) is 0 Å². The fourth-order valence-corrected chi connectivity index (χ4v) is 2.98. The Balaban J connectivity index is 2.75. The van der Waals surface area contributed by atoms with Gasteiger partial charge in [-0.25, -0.2) is 14.4 Å². The number of hydrogen-bond donors (Lipinski definition) is 1. The maximum absolute atomic E-state index is 13.0. The summed E-state index contributed by atoms with van der Waals surface area (Å²) in [6.45, 7) is 11.6. The van der Waals surface area contributed by atoms with Crippen LogP contribution in [-0.4, -0.2) is 35.1 Å². The largest absolute Gasteiger partial charge is 0.443 e. The molecule has 0 saturated carbocycles. The Morgan fingerprint density at radius 3 is 2.03 bits per heavy atom. The minimum Gasteiger partial charge on any atom is -0.443 e. The molecule has 0 atom stereocenters. The molecule has 0 aliphatic carbocycles. The topological polar surface area (TPSA) is 106 Å². The molecule has 2 amide bonds. The van der Waals surface area contributed by atoms with Crippen molar-refractivity contribution in [1.29, 1.82) is 0 Å². The molecule has 1 aromatic carbocycles. The highest BCUT2D eigenvalue weighted by Crippen LogP contribution is 2.33. The van der Waals surface area contributed by atoms with Crippen molar-refractivity contribution in [3.8, 4) is 0 Å². The quantitative estimate of drug-likeness (QED) is 0.739. The van der Waals surface area contributed by atoms with E-state index in [-0.39, 0.29) is 18.7 Å². The number of hydrogen-bond acceptors (Lipinski definition) is 7. The van der Waals surface area contributed by atoms with E-state index in [1.54, 1.807) is 48.5 Å². The van der Waals surface area contributed by atoms with Crippen LogP contribution in [0.4, 0.5) is 15.3 Å². The molecule has 164 valence electrons. The Kier molecular flexibility index (Phi) is 6.61. The van der Waals surface area contributed by atoms with Crippen LogP contribution in [0, 0.1) is 6.92 Å². The predicted octanol–water partition coefficient (Wildman–Crippen LogP) is 4.31. The van der Waals surface area contributed by atoms with Crippen molar-refractivity contribution in [1.82, 2.24) is 0 Å². The molecule has 30 heavy (non-hydrogen) atoms. The van der Waals surface area contributed by atoms with Gasteiger partial charge in [0.05, 0.1) is 5.69 Å². The number of imide groups is 1. The van der Waals surface area contributed by atoms with Gasteiger partial charge in [0.1, 0.15) is 16.8 Å². The first kappa shape index (κ1) is 23.4. The van der Waals surface area contributed by atoms with Gasteiger partial charge in [0.25, 0.3) is 0 Å². The minimum absolute atomic E-state index is 0.114. The SMILES string of the molecule is Cc1cc(=O)oc2ccc(N(C(=O)OC(C)(C)C)C(=O)OC(C)(C)C)c(CCO)c12. The third-order valence-electron chi connectivity index (χ3n) is 3.94. The molecule has 8 heteroatoms. The number of aliphatic hydroxyl groups excluding tert-OH is 1. The fraction of sp³-hybridized carbons (Fsp3) is 0.500. The first-order valence-electron chi connectivity index (χ1n) is 9.67. The van der Waals surface area contributed by atoms with Crippen LogP contribution in [0.5, 0.6) is 0 Å². The van der Waals surface area contributed by atoms with Crippen LogP contribution < -0.4 is 10.5 Å². The summed E-state index contributed by atoms with van der Waals surface area (Å²) in [5.74, 6) is 0. The molecule has 2 rings (SSSR count). The monoisotopic (exact) mass is 419 g/mol. The van der Waals surface area contributed by atoms with Crippen LogP contribution in [0.25, 0.3) is 11.0 Å². The zero-order chi connectivity index (χ0) is 22.9. The van der Waals surface area contributed by atoms with Crippen LogP contribution >= 0.6 is 0 Å². The highest BCUT2D eigenvalue weighted by Gasteiger charge is 2.34.